The lowest BCUT2D eigenvalue weighted by Gasteiger charge is -1.81. The SMILES string of the molecule is Cc1nonc1N=c1c(=O)c2ccccc2c1=O. The van der Waals surface area contributed by atoms with Crippen molar-refractivity contribution in [3.05, 3.63) is 55.8 Å². The lowest BCUT2D eigenvalue weighted by atomic mass is 10.2. The van der Waals surface area contributed by atoms with Crippen LogP contribution in [-0.2, 0) is 0 Å². The monoisotopic (exact) mass is 241 g/mol. The predicted octanol–water partition coefficient (Wildman–Crippen LogP) is 0.360. The normalized spacial score (nSPS) is 10.9. The summed E-state index contributed by atoms with van der Waals surface area (Å²) in [5.41, 5.74) is -0.352. The van der Waals surface area contributed by atoms with E-state index < -0.39 is 10.9 Å². The number of nitrogens with zero attached hydrogens (tertiary/aromatic N) is 3. The Morgan fingerprint density at radius 1 is 1.06 bits per heavy atom. The number of fused-ring (bicyclic) bond motifs is 1. The molecule has 0 radical (unpaired) electrons. The fourth-order valence-electron chi connectivity index (χ4n) is 1.77. The molecule has 0 spiro atoms. The average molecular weight is 241 g/mol. The summed E-state index contributed by atoms with van der Waals surface area (Å²) in [6.45, 7) is 1.63. The van der Waals surface area contributed by atoms with Crippen LogP contribution in [0.5, 0.6) is 0 Å². The summed E-state index contributed by atoms with van der Waals surface area (Å²) in [5.74, 6) is 0.152. The van der Waals surface area contributed by atoms with E-state index >= 15 is 0 Å². The van der Waals surface area contributed by atoms with Gasteiger partial charge in [-0.2, -0.15) is 0 Å². The topological polar surface area (TPSA) is 85.4 Å². The molecule has 6 nitrogen and oxygen atoms in total. The van der Waals surface area contributed by atoms with Crippen molar-refractivity contribution in [3.8, 4) is 0 Å². The fraction of sp³-hybridized carbons (Fsp3) is 0.0833. The minimum atomic E-state index is -0.391. The highest BCUT2D eigenvalue weighted by Crippen LogP contribution is 2.10. The molecule has 0 aliphatic rings. The van der Waals surface area contributed by atoms with Gasteiger partial charge < -0.3 is 0 Å². The van der Waals surface area contributed by atoms with Crippen molar-refractivity contribution in [3.63, 3.8) is 0 Å². The molecule has 0 bridgehead atoms. The molecule has 0 unspecified atom stereocenters. The highest BCUT2D eigenvalue weighted by atomic mass is 16.6. The molecule has 0 aliphatic heterocycles. The molecule has 0 aliphatic carbocycles. The average Bonchev–Trinajstić information content (AvgIpc) is 2.89. The number of aromatic nitrogens is 2. The molecule has 3 rings (SSSR count). The van der Waals surface area contributed by atoms with Crippen molar-refractivity contribution in [2.24, 2.45) is 4.99 Å². The van der Waals surface area contributed by atoms with Crippen molar-refractivity contribution in [1.82, 2.24) is 10.3 Å². The van der Waals surface area contributed by atoms with Gasteiger partial charge in [-0.3, -0.25) is 9.59 Å². The lowest BCUT2D eigenvalue weighted by molar-refractivity contribution is 0.305. The lowest BCUT2D eigenvalue weighted by Crippen LogP contribution is -2.31. The summed E-state index contributed by atoms with van der Waals surface area (Å²) in [7, 11) is 0. The molecule has 1 heterocycles. The van der Waals surface area contributed by atoms with Crippen LogP contribution in [0.15, 0.2) is 43.5 Å². The van der Waals surface area contributed by atoms with Crippen LogP contribution in [0.25, 0.3) is 10.8 Å². The van der Waals surface area contributed by atoms with Crippen LogP contribution in [0.1, 0.15) is 5.69 Å². The maximum atomic E-state index is 12.0. The summed E-state index contributed by atoms with van der Waals surface area (Å²) < 4.78 is 4.47. The molecule has 1 aromatic heterocycles. The zero-order chi connectivity index (χ0) is 12.7. The molecule has 0 amide bonds. The van der Waals surface area contributed by atoms with Crippen molar-refractivity contribution >= 4 is 16.6 Å². The number of aryl methyl sites for hydroxylation is 1. The summed E-state index contributed by atoms with van der Waals surface area (Å²) in [4.78, 5) is 28.0. The van der Waals surface area contributed by atoms with E-state index in [1.165, 1.54) is 0 Å². The van der Waals surface area contributed by atoms with Gasteiger partial charge in [0.2, 0.25) is 16.7 Å². The van der Waals surface area contributed by atoms with Crippen LogP contribution < -0.4 is 16.2 Å². The Bertz CT molecular complexity index is 835. The number of hydrogen-bond donors (Lipinski definition) is 0. The van der Waals surface area contributed by atoms with Gasteiger partial charge in [-0.05, 0) is 12.1 Å². The van der Waals surface area contributed by atoms with E-state index in [1.54, 1.807) is 31.2 Å². The van der Waals surface area contributed by atoms with E-state index in [-0.39, 0.29) is 11.2 Å². The number of rotatable bonds is 1. The minimum absolute atomic E-state index is 0.144. The first-order valence-electron chi connectivity index (χ1n) is 5.25. The highest BCUT2D eigenvalue weighted by Gasteiger charge is 2.11. The largest absolute Gasteiger partial charge is 0.287 e. The first-order chi connectivity index (χ1) is 8.68. The molecular weight excluding hydrogens is 234 g/mol. The molecule has 0 saturated heterocycles. The molecule has 88 valence electrons. The van der Waals surface area contributed by atoms with Crippen LogP contribution in [0.3, 0.4) is 0 Å². The Kier molecular flexibility index (Phi) is 2.16. The quantitative estimate of drug-likeness (QED) is 0.614. The molecular formula is C12H7N3O3. The number of benzene rings is 1. The summed E-state index contributed by atoms with van der Waals surface area (Å²) in [5, 5.41) is 7.67. The Morgan fingerprint density at radius 2 is 1.67 bits per heavy atom. The van der Waals surface area contributed by atoms with Crippen molar-refractivity contribution in [2.45, 2.75) is 6.92 Å². The smallest absolute Gasteiger partial charge is 0.220 e. The first-order valence-corrected chi connectivity index (χ1v) is 5.25. The first kappa shape index (κ1) is 10.5. The van der Waals surface area contributed by atoms with Crippen molar-refractivity contribution < 1.29 is 4.63 Å². The van der Waals surface area contributed by atoms with Crippen molar-refractivity contribution in [2.75, 3.05) is 0 Å². The third-order valence-corrected chi connectivity index (χ3v) is 2.69. The Morgan fingerprint density at radius 3 is 2.17 bits per heavy atom. The van der Waals surface area contributed by atoms with E-state index in [1.807, 2.05) is 0 Å². The Balaban J connectivity index is 2.45. The van der Waals surface area contributed by atoms with Crippen LogP contribution in [-0.4, -0.2) is 10.3 Å². The summed E-state index contributed by atoms with van der Waals surface area (Å²) >= 11 is 0. The van der Waals surface area contributed by atoms with Gasteiger partial charge in [-0.25, -0.2) is 9.62 Å². The van der Waals surface area contributed by atoms with Crippen LogP contribution >= 0.6 is 0 Å². The van der Waals surface area contributed by atoms with Gasteiger partial charge in [0, 0.05) is 10.8 Å². The highest BCUT2D eigenvalue weighted by molar-refractivity contribution is 5.83. The fourth-order valence-corrected chi connectivity index (χ4v) is 1.77. The molecule has 6 heteroatoms. The molecule has 3 aromatic rings. The summed E-state index contributed by atoms with van der Waals surface area (Å²) in [6, 6.07) is 6.61. The van der Waals surface area contributed by atoms with Crippen LogP contribution in [0, 0.1) is 6.92 Å². The third kappa shape index (κ3) is 1.39. The maximum Gasteiger partial charge on any atom is 0.220 e. The van der Waals surface area contributed by atoms with E-state index in [0.717, 1.165) is 0 Å². The van der Waals surface area contributed by atoms with Gasteiger partial charge in [0.15, 0.2) is 5.36 Å². The van der Waals surface area contributed by atoms with Crippen molar-refractivity contribution in [1.29, 1.82) is 0 Å². The van der Waals surface area contributed by atoms with Gasteiger partial charge in [0.1, 0.15) is 5.69 Å². The van der Waals surface area contributed by atoms with E-state index in [4.69, 9.17) is 0 Å². The molecule has 0 N–H and O–H groups in total. The minimum Gasteiger partial charge on any atom is -0.287 e. The zero-order valence-corrected chi connectivity index (χ0v) is 9.38. The zero-order valence-electron chi connectivity index (χ0n) is 9.38. The van der Waals surface area contributed by atoms with Gasteiger partial charge in [-0.15, -0.1) is 0 Å². The van der Waals surface area contributed by atoms with Crippen LogP contribution in [0.4, 0.5) is 5.82 Å². The predicted molar refractivity (Wildman–Crippen MR) is 63.1 cm³/mol. The Hall–Kier alpha value is -2.63. The van der Waals surface area contributed by atoms with Gasteiger partial charge in [0.05, 0.1) is 0 Å². The molecule has 18 heavy (non-hydrogen) atoms. The van der Waals surface area contributed by atoms with E-state index in [0.29, 0.717) is 16.5 Å². The molecule has 0 atom stereocenters. The second-order valence-electron chi connectivity index (χ2n) is 3.84. The molecule has 0 saturated carbocycles. The maximum absolute atomic E-state index is 12.0. The molecule has 2 aromatic carbocycles. The van der Waals surface area contributed by atoms with E-state index in [9.17, 15) is 9.59 Å². The number of hydrogen-bond acceptors (Lipinski definition) is 6. The standard InChI is InChI=1S/C12H7N3O3/c1-6-12(15-18-14-6)13-9-10(16)7-4-2-3-5-8(7)11(9)17/h2-5H,1H3. The van der Waals surface area contributed by atoms with E-state index in [2.05, 4.69) is 19.9 Å². The second kappa shape index (κ2) is 3.69. The molecule has 0 fully saturated rings. The van der Waals surface area contributed by atoms with Gasteiger partial charge in [0.25, 0.3) is 0 Å². The Labute approximate surface area is 99.9 Å². The van der Waals surface area contributed by atoms with Gasteiger partial charge >= 0.3 is 0 Å². The third-order valence-electron chi connectivity index (χ3n) is 2.69. The van der Waals surface area contributed by atoms with Gasteiger partial charge in [-0.1, -0.05) is 29.4 Å². The summed E-state index contributed by atoms with van der Waals surface area (Å²) in [6.07, 6.45) is 0. The van der Waals surface area contributed by atoms with Crippen LogP contribution in [0.2, 0.25) is 0 Å². The second-order valence-corrected chi connectivity index (χ2v) is 3.84.